The monoisotopic (exact) mass is 486 g/mol. The molecule has 0 saturated heterocycles. The first-order valence-electron chi connectivity index (χ1n) is 10.4. The molecule has 2 aliphatic carbocycles. The molecule has 1 aromatic heterocycles. The van der Waals surface area contributed by atoms with Gasteiger partial charge in [0, 0.05) is 23.7 Å². The number of nitrogens with zero attached hydrogens (tertiary/aromatic N) is 2. The number of anilines is 1. The topological polar surface area (TPSA) is 59.0 Å². The highest BCUT2D eigenvalue weighted by atomic mass is 35.5. The first-order chi connectivity index (χ1) is 15.1. The molecule has 0 radical (unpaired) electrons. The Bertz CT molecular complexity index is 1080. The molecule has 5 nitrogen and oxygen atoms in total. The van der Waals surface area contributed by atoms with Crippen LogP contribution >= 0.6 is 23.2 Å². The zero-order valence-electron chi connectivity index (χ0n) is 17.3. The number of rotatable bonds is 4. The van der Waals surface area contributed by atoms with Crippen molar-refractivity contribution in [1.29, 1.82) is 0 Å². The fourth-order valence-electron chi connectivity index (χ4n) is 4.27. The second-order valence-corrected chi connectivity index (χ2v) is 9.22. The number of imidazole rings is 1. The van der Waals surface area contributed by atoms with Crippen LogP contribution in [-0.2, 0) is 7.05 Å². The molecule has 4 unspecified atom stereocenters. The lowest BCUT2D eigenvalue weighted by Crippen LogP contribution is -2.41. The van der Waals surface area contributed by atoms with E-state index in [4.69, 9.17) is 23.2 Å². The Morgan fingerprint density at radius 3 is 2.78 bits per heavy atom. The third-order valence-corrected chi connectivity index (χ3v) is 6.82. The van der Waals surface area contributed by atoms with Gasteiger partial charge in [-0.15, -0.1) is 11.6 Å². The number of benzene rings is 1. The summed E-state index contributed by atoms with van der Waals surface area (Å²) in [5, 5.41) is 6.21. The van der Waals surface area contributed by atoms with Gasteiger partial charge in [-0.2, -0.15) is 13.2 Å². The fourth-order valence-corrected chi connectivity index (χ4v) is 4.88. The third-order valence-electron chi connectivity index (χ3n) is 6.07. The summed E-state index contributed by atoms with van der Waals surface area (Å²) in [6.45, 7) is 0. The average molecular weight is 487 g/mol. The van der Waals surface area contributed by atoms with Crippen molar-refractivity contribution in [2.75, 3.05) is 5.32 Å². The van der Waals surface area contributed by atoms with Crippen LogP contribution in [0.5, 0.6) is 0 Å². The number of fused-ring (bicyclic) bond motifs is 1. The fraction of sp³-hybridized carbons (Fsp3) is 0.455. The molecule has 10 heteroatoms. The van der Waals surface area contributed by atoms with E-state index in [1.807, 2.05) is 17.7 Å². The van der Waals surface area contributed by atoms with Gasteiger partial charge in [0.25, 0.3) is 5.91 Å². The van der Waals surface area contributed by atoms with Crippen LogP contribution < -0.4 is 10.6 Å². The molecule has 2 aromatic rings. The molecule has 1 fully saturated rings. The normalized spacial score (nSPS) is 26.1. The number of hydrogen-bond donors (Lipinski definition) is 2. The van der Waals surface area contributed by atoms with Gasteiger partial charge >= 0.3 is 6.18 Å². The summed E-state index contributed by atoms with van der Waals surface area (Å²) >= 11 is 12.6. The quantitative estimate of drug-likeness (QED) is 0.560. The lowest BCUT2D eigenvalue weighted by molar-refractivity contribution is -0.183. The van der Waals surface area contributed by atoms with Crippen molar-refractivity contribution in [2.24, 2.45) is 13.0 Å². The smallest absolute Gasteiger partial charge is 0.349 e. The molecule has 1 saturated carbocycles. The Balaban J connectivity index is 1.49. The van der Waals surface area contributed by atoms with Gasteiger partial charge in [-0.05, 0) is 43.5 Å². The largest absolute Gasteiger partial charge is 0.391 e. The van der Waals surface area contributed by atoms with E-state index >= 15 is 0 Å². The van der Waals surface area contributed by atoms with E-state index in [9.17, 15) is 18.0 Å². The van der Waals surface area contributed by atoms with E-state index in [0.717, 1.165) is 5.52 Å². The molecule has 4 rings (SSSR count). The number of halogens is 5. The van der Waals surface area contributed by atoms with Crippen LogP contribution in [0.2, 0.25) is 0 Å². The van der Waals surface area contributed by atoms with Crippen molar-refractivity contribution in [1.82, 2.24) is 14.9 Å². The van der Waals surface area contributed by atoms with E-state index in [0.29, 0.717) is 34.9 Å². The van der Waals surface area contributed by atoms with Gasteiger partial charge in [-0.25, -0.2) is 4.98 Å². The number of allylic oxidation sites excluding steroid dienone is 2. The maximum Gasteiger partial charge on any atom is 0.391 e. The van der Waals surface area contributed by atoms with E-state index in [1.54, 1.807) is 30.4 Å². The Labute approximate surface area is 193 Å². The van der Waals surface area contributed by atoms with Crippen LogP contribution in [0.3, 0.4) is 0 Å². The highest BCUT2D eigenvalue weighted by Gasteiger charge is 2.42. The van der Waals surface area contributed by atoms with Gasteiger partial charge in [0.2, 0.25) is 5.95 Å². The number of amides is 1. The second kappa shape index (κ2) is 8.98. The molecule has 172 valence electrons. The van der Waals surface area contributed by atoms with Crippen LogP contribution in [0.4, 0.5) is 19.1 Å². The Morgan fingerprint density at radius 2 is 2.06 bits per heavy atom. The third kappa shape index (κ3) is 4.76. The molecule has 0 spiro atoms. The first kappa shape index (κ1) is 23.0. The van der Waals surface area contributed by atoms with E-state index in [2.05, 4.69) is 15.6 Å². The Kier molecular flexibility index (Phi) is 6.45. The summed E-state index contributed by atoms with van der Waals surface area (Å²) in [6, 6.07) is 4.21. The Morgan fingerprint density at radius 1 is 1.28 bits per heavy atom. The minimum atomic E-state index is -4.23. The zero-order valence-corrected chi connectivity index (χ0v) is 18.8. The lowest BCUT2D eigenvalue weighted by Gasteiger charge is -2.31. The van der Waals surface area contributed by atoms with Gasteiger partial charge in [0.05, 0.1) is 28.4 Å². The predicted molar refractivity (Wildman–Crippen MR) is 120 cm³/mol. The van der Waals surface area contributed by atoms with Crippen LogP contribution in [-0.4, -0.2) is 39.1 Å². The highest BCUT2D eigenvalue weighted by molar-refractivity contribution is 6.32. The number of nitrogens with one attached hydrogen (secondary N) is 2. The molecule has 2 aliphatic rings. The molecular formula is C22H23Cl2F3N4O. The second-order valence-electron chi connectivity index (χ2n) is 8.28. The van der Waals surface area contributed by atoms with Crippen molar-refractivity contribution in [2.45, 2.75) is 49.3 Å². The number of aryl methyl sites for hydroxylation is 1. The summed E-state index contributed by atoms with van der Waals surface area (Å²) in [6.07, 6.45) is 2.17. The minimum absolute atomic E-state index is 0.0845. The maximum atomic E-state index is 13.1. The number of alkyl halides is 4. The van der Waals surface area contributed by atoms with Gasteiger partial charge in [-0.3, -0.25) is 4.79 Å². The summed E-state index contributed by atoms with van der Waals surface area (Å²) in [7, 11) is 1.83. The first-order valence-corrected chi connectivity index (χ1v) is 11.2. The standard InChI is InChI=1S/C22H23Cl2F3N4O/c1-31-18-9-8-12(20(32)28-14-5-2-4-13(11-14)22(25,26)27)10-17(18)29-21(31)30-19-15(23)6-3-7-16(19)24/h3,6-10,13-15,19H,2,4-5,11H2,1H3,(H,28,32)(H,29,30). The molecule has 0 bridgehead atoms. The van der Waals surface area contributed by atoms with Crippen LogP contribution in [0.1, 0.15) is 36.0 Å². The predicted octanol–water partition coefficient (Wildman–Crippen LogP) is 5.50. The van der Waals surface area contributed by atoms with Gasteiger partial charge in [-0.1, -0.05) is 30.2 Å². The Hall–Kier alpha value is -2.19. The van der Waals surface area contributed by atoms with Crippen molar-refractivity contribution in [3.05, 3.63) is 47.0 Å². The van der Waals surface area contributed by atoms with Crippen molar-refractivity contribution in [3.8, 4) is 0 Å². The zero-order chi connectivity index (χ0) is 23.0. The molecule has 32 heavy (non-hydrogen) atoms. The minimum Gasteiger partial charge on any atom is -0.349 e. The summed E-state index contributed by atoms with van der Waals surface area (Å²) in [4.78, 5) is 17.3. The lowest BCUT2D eigenvalue weighted by atomic mass is 9.85. The van der Waals surface area contributed by atoms with Crippen molar-refractivity contribution < 1.29 is 18.0 Å². The number of carbonyl (C=O) groups is 1. The average Bonchev–Trinajstić information content (AvgIpc) is 3.05. The van der Waals surface area contributed by atoms with Crippen LogP contribution in [0.25, 0.3) is 11.0 Å². The molecule has 2 N–H and O–H groups in total. The van der Waals surface area contributed by atoms with Crippen LogP contribution in [0, 0.1) is 5.92 Å². The summed E-state index contributed by atoms with van der Waals surface area (Å²) in [5.74, 6) is -1.23. The SMILES string of the molecule is Cn1c(NC2C(Cl)=CC=CC2Cl)nc2cc(C(=O)NC3CCCC(C(F)(F)F)C3)ccc21. The van der Waals surface area contributed by atoms with Crippen molar-refractivity contribution >= 4 is 46.1 Å². The summed E-state index contributed by atoms with van der Waals surface area (Å²) in [5.41, 5.74) is 1.72. The van der Waals surface area contributed by atoms with E-state index in [1.165, 1.54) is 0 Å². The van der Waals surface area contributed by atoms with Crippen molar-refractivity contribution in [3.63, 3.8) is 0 Å². The molecule has 1 heterocycles. The molecule has 1 aromatic carbocycles. The molecule has 0 aliphatic heterocycles. The molecular weight excluding hydrogens is 464 g/mol. The van der Waals surface area contributed by atoms with Gasteiger partial charge in [0.15, 0.2) is 0 Å². The van der Waals surface area contributed by atoms with Gasteiger partial charge < -0.3 is 15.2 Å². The van der Waals surface area contributed by atoms with Gasteiger partial charge in [0.1, 0.15) is 0 Å². The number of hydrogen-bond acceptors (Lipinski definition) is 3. The highest BCUT2D eigenvalue weighted by Crippen LogP contribution is 2.37. The molecule has 1 amide bonds. The molecule has 4 atom stereocenters. The van der Waals surface area contributed by atoms with E-state index in [-0.39, 0.29) is 24.3 Å². The van der Waals surface area contributed by atoms with Crippen LogP contribution in [0.15, 0.2) is 41.5 Å². The number of carbonyl (C=O) groups excluding carboxylic acids is 1. The van der Waals surface area contributed by atoms with E-state index < -0.39 is 24.0 Å². The maximum absolute atomic E-state index is 13.1. The summed E-state index contributed by atoms with van der Waals surface area (Å²) < 4.78 is 41.0. The number of aromatic nitrogens is 2.